The molecule has 0 amide bonds. The van der Waals surface area contributed by atoms with Crippen molar-refractivity contribution in [3.8, 4) is 5.88 Å². The Hall–Kier alpha value is -1.82. The monoisotopic (exact) mass is 332 g/mol. The number of aliphatic imine (C=N–C) groups is 1. The molecular weight excluding hydrogens is 304 g/mol. The zero-order valence-electron chi connectivity index (χ0n) is 14.6. The van der Waals surface area contributed by atoms with E-state index < -0.39 is 0 Å². The highest BCUT2D eigenvalue weighted by Gasteiger charge is 2.41. The first kappa shape index (κ1) is 17.0. The van der Waals surface area contributed by atoms with Crippen molar-refractivity contribution in [2.75, 3.05) is 13.2 Å². The number of hydrogen-bond donors (Lipinski definition) is 2. The molecule has 3 heterocycles. The van der Waals surface area contributed by atoms with Gasteiger partial charge in [-0.1, -0.05) is 13.0 Å². The normalized spacial score (nSPS) is 25.8. The Kier molecular flexibility index (Phi) is 5.91. The zero-order chi connectivity index (χ0) is 16.8. The van der Waals surface area contributed by atoms with Crippen molar-refractivity contribution in [3.63, 3.8) is 0 Å². The van der Waals surface area contributed by atoms with Gasteiger partial charge in [-0.3, -0.25) is 0 Å². The summed E-state index contributed by atoms with van der Waals surface area (Å²) < 4.78 is 11.6. The van der Waals surface area contributed by atoms with Crippen LogP contribution in [0.25, 0.3) is 0 Å². The average molecular weight is 332 g/mol. The van der Waals surface area contributed by atoms with E-state index in [0.717, 1.165) is 37.3 Å². The van der Waals surface area contributed by atoms with Gasteiger partial charge in [-0.05, 0) is 38.7 Å². The van der Waals surface area contributed by atoms with E-state index in [1.807, 2.05) is 12.1 Å². The Balaban J connectivity index is 1.63. The summed E-state index contributed by atoms with van der Waals surface area (Å²) in [5.74, 6) is 1.52. The van der Waals surface area contributed by atoms with Crippen LogP contribution in [0.5, 0.6) is 5.88 Å². The minimum atomic E-state index is 0.334. The van der Waals surface area contributed by atoms with Gasteiger partial charge in [-0.15, -0.1) is 0 Å². The molecule has 2 bridgehead atoms. The first-order valence-electron chi connectivity index (χ1n) is 9.07. The number of hydrogen-bond acceptors (Lipinski definition) is 4. The lowest BCUT2D eigenvalue weighted by atomic mass is 9.96. The third-order valence-electron chi connectivity index (χ3n) is 4.47. The topological polar surface area (TPSA) is 67.8 Å². The Morgan fingerprint density at radius 2 is 2.33 bits per heavy atom. The summed E-state index contributed by atoms with van der Waals surface area (Å²) in [6, 6.07) is 4.31. The second kappa shape index (κ2) is 8.33. The number of pyridine rings is 1. The molecule has 2 aliphatic heterocycles. The maximum absolute atomic E-state index is 5.91. The molecule has 3 atom stereocenters. The SMILES string of the molecule is CCCOc1ncccc1CN=C(NCC)NC1CC2CCC1O2. The van der Waals surface area contributed by atoms with Gasteiger partial charge in [0.05, 0.1) is 31.4 Å². The van der Waals surface area contributed by atoms with E-state index in [1.165, 1.54) is 6.42 Å². The van der Waals surface area contributed by atoms with Crippen LogP contribution in [0.2, 0.25) is 0 Å². The zero-order valence-corrected chi connectivity index (χ0v) is 14.6. The largest absolute Gasteiger partial charge is 0.477 e. The van der Waals surface area contributed by atoms with E-state index in [-0.39, 0.29) is 0 Å². The van der Waals surface area contributed by atoms with E-state index in [0.29, 0.717) is 37.3 Å². The van der Waals surface area contributed by atoms with E-state index in [1.54, 1.807) is 6.20 Å². The molecule has 3 rings (SSSR count). The number of ether oxygens (including phenoxy) is 2. The maximum Gasteiger partial charge on any atom is 0.218 e. The summed E-state index contributed by atoms with van der Waals surface area (Å²) in [6.07, 6.45) is 6.92. The fraction of sp³-hybridized carbons (Fsp3) is 0.667. The molecule has 2 saturated heterocycles. The van der Waals surface area contributed by atoms with Crippen LogP contribution < -0.4 is 15.4 Å². The molecule has 24 heavy (non-hydrogen) atoms. The fourth-order valence-corrected chi connectivity index (χ4v) is 3.32. The van der Waals surface area contributed by atoms with E-state index in [4.69, 9.17) is 14.5 Å². The Morgan fingerprint density at radius 1 is 1.42 bits per heavy atom. The van der Waals surface area contributed by atoms with Gasteiger partial charge in [0.25, 0.3) is 0 Å². The molecule has 0 spiro atoms. The minimum absolute atomic E-state index is 0.334. The number of nitrogens with one attached hydrogen (secondary N) is 2. The lowest BCUT2D eigenvalue weighted by Gasteiger charge is -2.22. The second-order valence-electron chi connectivity index (χ2n) is 6.37. The van der Waals surface area contributed by atoms with Gasteiger partial charge < -0.3 is 20.1 Å². The van der Waals surface area contributed by atoms with Crippen LogP contribution in [-0.4, -0.2) is 42.3 Å². The second-order valence-corrected chi connectivity index (χ2v) is 6.37. The quantitative estimate of drug-likeness (QED) is 0.592. The van der Waals surface area contributed by atoms with Crippen molar-refractivity contribution in [1.82, 2.24) is 15.6 Å². The number of aromatic nitrogens is 1. The molecular formula is C18H28N4O2. The Bertz CT molecular complexity index is 564. The molecule has 6 nitrogen and oxygen atoms in total. The van der Waals surface area contributed by atoms with Gasteiger partial charge in [0.1, 0.15) is 0 Å². The smallest absolute Gasteiger partial charge is 0.218 e. The lowest BCUT2D eigenvalue weighted by molar-refractivity contribution is 0.0992. The van der Waals surface area contributed by atoms with Crippen molar-refractivity contribution >= 4 is 5.96 Å². The van der Waals surface area contributed by atoms with Gasteiger partial charge in [-0.25, -0.2) is 9.98 Å². The molecule has 2 N–H and O–H groups in total. The number of guanidine groups is 1. The van der Waals surface area contributed by atoms with E-state index in [2.05, 4.69) is 29.5 Å². The Labute approximate surface area is 144 Å². The number of nitrogens with zero attached hydrogens (tertiary/aromatic N) is 2. The molecule has 2 fully saturated rings. The van der Waals surface area contributed by atoms with Gasteiger partial charge in [0.2, 0.25) is 5.88 Å². The summed E-state index contributed by atoms with van der Waals surface area (Å²) in [6.45, 7) is 6.22. The third kappa shape index (κ3) is 4.17. The lowest BCUT2D eigenvalue weighted by Crippen LogP contribution is -2.47. The predicted molar refractivity (Wildman–Crippen MR) is 94.3 cm³/mol. The van der Waals surface area contributed by atoms with Crippen LogP contribution in [0, 0.1) is 0 Å². The van der Waals surface area contributed by atoms with E-state index in [9.17, 15) is 0 Å². The van der Waals surface area contributed by atoms with Crippen LogP contribution in [0.1, 0.15) is 45.1 Å². The Morgan fingerprint density at radius 3 is 3.04 bits per heavy atom. The van der Waals surface area contributed by atoms with Crippen molar-refractivity contribution in [2.45, 2.75) is 64.3 Å². The van der Waals surface area contributed by atoms with Crippen LogP contribution in [-0.2, 0) is 11.3 Å². The van der Waals surface area contributed by atoms with Gasteiger partial charge in [0.15, 0.2) is 5.96 Å². The van der Waals surface area contributed by atoms with Gasteiger partial charge >= 0.3 is 0 Å². The maximum atomic E-state index is 5.91. The van der Waals surface area contributed by atoms with Gasteiger partial charge in [0, 0.05) is 18.3 Å². The fourth-order valence-electron chi connectivity index (χ4n) is 3.32. The molecule has 0 aromatic carbocycles. The molecule has 0 aliphatic carbocycles. The summed E-state index contributed by atoms with van der Waals surface area (Å²) in [4.78, 5) is 9.04. The van der Waals surface area contributed by atoms with Crippen molar-refractivity contribution in [1.29, 1.82) is 0 Å². The highest BCUT2D eigenvalue weighted by atomic mass is 16.5. The predicted octanol–water partition coefficient (Wildman–Crippen LogP) is 2.25. The number of fused-ring (bicyclic) bond motifs is 2. The average Bonchev–Trinajstić information content (AvgIpc) is 3.21. The summed E-state index contributed by atoms with van der Waals surface area (Å²) >= 11 is 0. The minimum Gasteiger partial charge on any atom is -0.477 e. The van der Waals surface area contributed by atoms with Crippen LogP contribution in [0.4, 0.5) is 0 Å². The molecule has 0 saturated carbocycles. The van der Waals surface area contributed by atoms with Crippen LogP contribution >= 0.6 is 0 Å². The van der Waals surface area contributed by atoms with Crippen molar-refractivity contribution < 1.29 is 9.47 Å². The van der Waals surface area contributed by atoms with Gasteiger partial charge in [-0.2, -0.15) is 0 Å². The first-order chi connectivity index (χ1) is 11.8. The molecule has 3 unspecified atom stereocenters. The van der Waals surface area contributed by atoms with Crippen molar-refractivity contribution in [2.24, 2.45) is 4.99 Å². The summed E-state index contributed by atoms with van der Waals surface area (Å²) in [5, 5.41) is 6.86. The highest BCUT2D eigenvalue weighted by molar-refractivity contribution is 5.80. The molecule has 2 aliphatic rings. The van der Waals surface area contributed by atoms with Crippen LogP contribution in [0.15, 0.2) is 23.3 Å². The molecule has 6 heteroatoms. The summed E-state index contributed by atoms with van der Waals surface area (Å²) in [5.41, 5.74) is 1.01. The molecule has 132 valence electrons. The number of rotatable bonds is 7. The molecule has 0 radical (unpaired) electrons. The van der Waals surface area contributed by atoms with Crippen molar-refractivity contribution in [3.05, 3.63) is 23.9 Å². The summed E-state index contributed by atoms with van der Waals surface area (Å²) in [7, 11) is 0. The van der Waals surface area contributed by atoms with E-state index >= 15 is 0 Å². The highest BCUT2D eigenvalue weighted by Crippen LogP contribution is 2.34. The standard InChI is InChI=1S/C18H28N4O2/c1-3-10-23-17-13(6-5-9-20-17)12-21-18(19-4-2)22-15-11-14-7-8-16(15)24-14/h5-6,9,14-16H,3-4,7-8,10-12H2,1-2H3,(H2,19,21,22). The first-order valence-corrected chi connectivity index (χ1v) is 9.07. The molecule has 1 aromatic heterocycles. The molecule has 1 aromatic rings. The van der Waals surface area contributed by atoms with Crippen LogP contribution in [0.3, 0.4) is 0 Å². The third-order valence-corrected chi connectivity index (χ3v) is 4.47.